The van der Waals surface area contributed by atoms with Crippen molar-refractivity contribution < 1.29 is 9.53 Å². The number of pyridine rings is 1. The van der Waals surface area contributed by atoms with Crippen LogP contribution >= 0.6 is 11.6 Å². The summed E-state index contributed by atoms with van der Waals surface area (Å²) in [6.07, 6.45) is 1.18. The monoisotopic (exact) mass is 388 g/mol. The van der Waals surface area contributed by atoms with Gasteiger partial charge in [-0.1, -0.05) is 17.7 Å². The van der Waals surface area contributed by atoms with E-state index in [-0.39, 0.29) is 0 Å². The van der Waals surface area contributed by atoms with Gasteiger partial charge in [0.25, 0.3) is 0 Å². The van der Waals surface area contributed by atoms with Gasteiger partial charge in [-0.2, -0.15) is 0 Å². The molecule has 0 spiro atoms. The summed E-state index contributed by atoms with van der Waals surface area (Å²) in [5, 5.41) is 3.45. The van der Waals surface area contributed by atoms with Crippen molar-refractivity contribution in [2.75, 3.05) is 41.3 Å². The summed E-state index contributed by atoms with van der Waals surface area (Å²) in [5.74, 6) is 0.899. The van der Waals surface area contributed by atoms with E-state index in [0.29, 0.717) is 5.69 Å². The van der Waals surface area contributed by atoms with Crippen LogP contribution in [-0.2, 0) is 4.74 Å². The molecule has 27 heavy (non-hydrogen) atoms. The molecule has 0 aliphatic carbocycles. The third kappa shape index (κ3) is 5.50. The normalized spacial score (nSPS) is 14.8. The van der Waals surface area contributed by atoms with Gasteiger partial charge in [-0.05, 0) is 51.1 Å². The number of piperazine rings is 1. The van der Waals surface area contributed by atoms with E-state index < -0.39 is 11.7 Å². The van der Waals surface area contributed by atoms with Gasteiger partial charge in [0.05, 0.1) is 11.9 Å². The number of nitrogens with one attached hydrogen (secondary N) is 1. The van der Waals surface area contributed by atoms with Crippen LogP contribution in [-0.4, -0.2) is 42.9 Å². The Morgan fingerprint density at radius 1 is 1.11 bits per heavy atom. The molecule has 3 rings (SSSR count). The third-order valence-corrected chi connectivity index (χ3v) is 4.41. The van der Waals surface area contributed by atoms with Crippen LogP contribution < -0.4 is 15.1 Å². The summed E-state index contributed by atoms with van der Waals surface area (Å²) in [4.78, 5) is 20.9. The molecule has 7 heteroatoms. The summed E-state index contributed by atoms with van der Waals surface area (Å²) in [5.41, 5.74) is 1.23. The molecule has 2 aromatic rings. The molecule has 1 saturated heterocycles. The van der Waals surface area contributed by atoms with E-state index in [1.165, 1.54) is 0 Å². The Labute approximate surface area is 165 Å². The van der Waals surface area contributed by atoms with Gasteiger partial charge >= 0.3 is 6.09 Å². The highest BCUT2D eigenvalue weighted by atomic mass is 35.5. The summed E-state index contributed by atoms with van der Waals surface area (Å²) < 4.78 is 5.25. The largest absolute Gasteiger partial charge is 0.444 e. The van der Waals surface area contributed by atoms with Gasteiger partial charge in [0.2, 0.25) is 0 Å². The molecule has 0 unspecified atom stereocenters. The van der Waals surface area contributed by atoms with E-state index in [4.69, 9.17) is 16.3 Å². The second kappa shape index (κ2) is 8.05. The van der Waals surface area contributed by atoms with E-state index in [1.807, 2.05) is 51.1 Å². The van der Waals surface area contributed by atoms with Gasteiger partial charge in [-0.15, -0.1) is 0 Å². The van der Waals surface area contributed by atoms with Crippen LogP contribution in [0.2, 0.25) is 5.02 Å². The van der Waals surface area contributed by atoms with E-state index in [1.54, 1.807) is 6.20 Å². The maximum atomic E-state index is 11.8. The van der Waals surface area contributed by atoms with Crippen molar-refractivity contribution >= 4 is 34.9 Å². The van der Waals surface area contributed by atoms with Crippen LogP contribution in [0.25, 0.3) is 0 Å². The van der Waals surface area contributed by atoms with E-state index in [9.17, 15) is 4.79 Å². The maximum Gasteiger partial charge on any atom is 0.412 e. The molecule has 0 saturated carbocycles. The first-order valence-electron chi connectivity index (χ1n) is 9.02. The van der Waals surface area contributed by atoms with Gasteiger partial charge in [0.1, 0.15) is 11.4 Å². The first-order valence-corrected chi connectivity index (χ1v) is 9.39. The Hall–Kier alpha value is -2.47. The first-order chi connectivity index (χ1) is 12.8. The average Bonchev–Trinajstić information content (AvgIpc) is 2.61. The highest BCUT2D eigenvalue weighted by Gasteiger charge is 2.19. The molecular weight excluding hydrogens is 364 g/mol. The summed E-state index contributed by atoms with van der Waals surface area (Å²) in [6, 6.07) is 11.7. The number of carbonyl (C=O) groups excluding carboxylic acids is 1. The second-order valence-corrected chi connectivity index (χ2v) is 7.92. The van der Waals surface area contributed by atoms with E-state index in [0.717, 1.165) is 42.7 Å². The fourth-order valence-corrected chi connectivity index (χ4v) is 3.12. The SMILES string of the molecule is CC(C)(C)OC(=O)Nc1ccc(N2CCN(c3cccc(Cl)c3)CC2)nc1. The van der Waals surface area contributed by atoms with Gasteiger partial charge in [0.15, 0.2) is 0 Å². The molecule has 1 N–H and O–H groups in total. The molecule has 0 radical (unpaired) electrons. The number of carbonyl (C=O) groups is 1. The Kier molecular flexibility index (Phi) is 5.75. The fraction of sp³-hybridized carbons (Fsp3) is 0.400. The zero-order chi connectivity index (χ0) is 19.4. The molecule has 6 nitrogen and oxygen atoms in total. The molecule has 0 bridgehead atoms. The van der Waals surface area contributed by atoms with Crippen LogP contribution in [0.15, 0.2) is 42.6 Å². The van der Waals surface area contributed by atoms with Crippen LogP contribution in [0.1, 0.15) is 20.8 Å². The first kappa shape index (κ1) is 19.3. The van der Waals surface area contributed by atoms with Crippen molar-refractivity contribution in [3.63, 3.8) is 0 Å². The smallest absolute Gasteiger partial charge is 0.412 e. The molecular formula is C20H25ClN4O2. The molecule has 2 heterocycles. The number of halogens is 1. The van der Waals surface area contributed by atoms with Crippen LogP contribution in [0.3, 0.4) is 0 Å². The molecule has 1 aliphatic heterocycles. The minimum Gasteiger partial charge on any atom is -0.444 e. The number of hydrogen-bond acceptors (Lipinski definition) is 5. The standard InChI is InChI=1S/C20H25ClN4O2/c1-20(2,3)27-19(26)23-16-7-8-18(22-14-16)25-11-9-24(10-12-25)17-6-4-5-15(21)13-17/h4-8,13-14H,9-12H2,1-3H3,(H,23,26). The topological polar surface area (TPSA) is 57.7 Å². The molecule has 1 aliphatic rings. The van der Waals surface area contributed by atoms with Crippen molar-refractivity contribution in [1.82, 2.24) is 4.98 Å². The lowest BCUT2D eigenvalue weighted by Crippen LogP contribution is -2.46. The molecule has 0 atom stereocenters. The van der Waals surface area contributed by atoms with Crippen molar-refractivity contribution in [3.05, 3.63) is 47.6 Å². The van der Waals surface area contributed by atoms with E-state index in [2.05, 4.69) is 26.2 Å². The van der Waals surface area contributed by atoms with Gasteiger partial charge in [-0.25, -0.2) is 9.78 Å². The lowest BCUT2D eigenvalue weighted by atomic mass is 10.2. The average molecular weight is 389 g/mol. The summed E-state index contributed by atoms with van der Waals surface area (Å²) in [7, 11) is 0. The highest BCUT2D eigenvalue weighted by Crippen LogP contribution is 2.23. The number of rotatable bonds is 3. The van der Waals surface area contributed by atoms with Gasteiger partial charge in [0, 0.05) is 36.9 Å². The number of benzene rings is 1. The Bertz CT molecular complexity index is 781. The van der Waals surface area contributed by atoms with E-state index >= 15 is 0 Å². The summed E-state index contributed by atoms with van der Waals surface area (Å²) >= 11 is 6.09. The minimum absolute atomic E-state index is 0.479. The van der Waals surface area contributed by atoms with Crippen molar-refractivity contribution in [1.29, 1.82) is 0 Å². The quantitative estimate of drug-likeness (QED) is 0.844. The van der Waals surface area contributed by atoms with Crippen molar-refractivity contribution in [2.24, 2.45) is 0 Å². The van der Waals surface area contributed by atoms with Crippen LogP contribution in [0.5, 0.6) is 0 Å². The van der Waals surface area contributed by atoms with Gasteiger partial charge < -0.3 is 14.5 Å². The number of hydrogen-bond donors (Lipinski definition) is 1. The number of nitrogens with zero attached hydrogens (tertiary/aromatic N) is 3. The maximum absolute atomic E-state index is 11.8. The highest BCUT2D eigenvalue weighted by molar-refractivity contribution is 6.30. The lowest BCUT2D eigenvalue weighted by molar-refractivity contribution is 0.0636. The predicted octanol–water partition coefficient (Wildman–Crippen LogP) is 4.41. The molecule has 1 amide bonds. The number of anilines is 3. The van der Waals surface area contributed by atoms with Crippen molar-refractivity contribution in [3.8, 4) is 0 Å². The Morgan fingerprint density at radius 3 is 2.41 bits per heavy atom. The molecule has 144 valence electrons. The fourth-order valence-electron chi connectivity index (χ4n) is 2.94. The predicted molar refractivity (Wildman–Crippen MR) is 110 cm³/mol. The Morgan fingerprint density at radius 2 is 1.81 bits per heavy atom. The molecule has 1 fully saturated rings. The number of aromatic nitrogens is 1. The number of ether oxygens (including phenoxy) is 1. The zero-order valence-electron chi connectivity index (χ0n) is 15.9. The zero-order valence-corrected chi connectivity index (χ0v) is 16.7. The summed E-state index contributed by atoms with van der Waals surface area (Å²) in [6.45, 7) is 9.04. The third-order valence-electron chi connectivity index (χ3n) is 4.17. The van der Waals surface area contributed by atoms with Crippen molar-refractivity contribution in [2.45, 2.75) is 26.4 Å². The minimum atomic E-state index is -0.528. The van der Waals surface area contributed by atoms with Crippen LogP contribution in [0, 0.1) is 0 Å². The van der Waals surface area contributed by atoms with Crippen LogP contribution in [0.4, 0.5) is 22.0 Å². The molecule has 1 aromatic carbocycles. The van der Waals surface area contributed by atoms with Gasteiger partial charge in [-0.3, -0.25) is 5.32 Å². The second-order valence-electron chi connectivity index (χ2n) is 7.49. The molecule has 1 aromatic heterocycles. The Balaban J connectivity index is 1.55. The lowest BCUT2D eigenvalue weighted by Gasteiger charge is -2.36. The number of amides is 1.